The van der Waals surface area contributed by atoms with E-state index in [4.69, 9.17) is 22.4 Å². The number of aliphatic hydroxyl groups is 2. The summed E-state index contributed by atoms with van der Waals surface area (Å²) in [6, 6.07) is 0. The van der Waals surface area contributed by atoms with Crippen molar-refractivity contribution in [2.75, 3.05) is 20.3 Å². The summed E-state index contributed by atoms with van der Waals surface area (Å²) in [6.07, 6.45) is 1.34. The van der Waals surface area contributed by atoms with Crippen molar-refractivity contribution in [3.8, 4) is 0 Å². The van der Waals surface area contributed by atoms with Gasteiger partial charge in [-0.2, -0.15) is 0 Å². The molecule has 1 heterocycles. The van der Waals surface area contributed by atoms with Crippen LogP contribution in [0.5, 0.6) is 0 Å². The Kier molecular flexibility index (Phi) is 4.53. The van der Waals surface area contributed by atoms with Crippen LogP contribution in [0.3, 0.4) is 0 Å². The summed E-state index contributed by atoms with van der Waals surface area (Å²) in [7, 11) is 1.93. The SMILES string of the molecule is CN1C(CCO)NC(=S)NC1CCO. The monoisotopic (exact) mass is 219 g/mol. The highest BCUT2D eigenvalue weighted by Gasteiger charge is 2.27. The van der Waals surface area contributed by atoms with Gasteiger partial charge in [-0.1, -0.05) is 0 Å². The molecule has 4 N–H and O–H groups in total. The molecule has 2 unspecified atom stereocenters. The first-order valence-corrected chi connectivity index (χ1v) is 5.10. The molecule has 0 saturated carbocycles. The third-order valence-electron chi connectivity index (χ3n) is 2.38. The second-order valence-corrected chi connectivity index (χ2v) is 3.75. The van der Waals surface area contributed by atoms with Crippen LogP contribution in [0.2, 0.25) is 0 Å². The summed E-state index contributed by atoms with van der Waals surface area (Å²) in [6.45, 7) is 0.243. The number of aliphatic hydroxyl groups excluding tert-OH is 2. The lowest BCUT2D eigenvalue weighted by Gasteiger charge is -2.41. The fourth-order valence-electron chi connectivity index (χ4n) is 1.56. The van der Waals surface area contributed by atoms with Crippen LogP contribution in [0.15, 0.2) is 0 Å². The van der Waals surface area contributed by atoms with Crippen molar-refractivity contribution in [2.45, 2.75) is 25.2 Å². The third-order valence-corrected chi connectivity index (χ3v) is 2.62. The van der Waals surface area contributed by atoms with Crippen molar-refractivity contribution in [3.05, 3.63) is 0 Å². The molecule has 14 heavy (non-hydrogen) atoms. The predicted molar refractivity (Wildman–Crippen MR) is 57.6 cm³/mol. The molecule has 5 nitrogen and oxygen atoms in total. The van der Waals surface area contributed by atoms with E-state index in [1.54, 1.807) is 0 Å². The normalized spacial score (nSPS) is 28.4. The van der Waals surface area contributed by atoms with Gasteiger partial charge in [0.2, 0.25) is 0 Å². The van der Waals surface area contributed by atoms with E-state index >= 15 is 0 Å². The molecule has 0 aliphatic carbocycles. The molecule has 0 aromatic carbocycles. The largest absolute Gasteiger partial charge is 0.396 e. The van der Waals surface area contributed by atoms with Gasteiger partial charge in [0, 0.05) is 26.1 Å². The van der Waals surface area contributed by atoms with Crippen molar-refractivity contribution in [3.63, 3.8) is 0 Å². The fraction of sp³-hybridized carbons (Fsp3) is 0.875. The van der Waals surface area contributed by atoms with Crippen LogP contribution in [0.25, 0.3) is 0 Å². The topological polar surface area (TPSA) is 67.8 Å². The highest BCUT2D eigenvalue weighted by atomic mass is 32.1. The molecule has 1 aliphatic heterocycles. The van der Waals surface area contributed by atoms with E-state index in [0.29, 0.717) is 18.0 Å². The fourth-order valence-corrected chi connectivity index (χ4v) is 1.83. The molecule has 0 radical (unpaired) electrons. The van der Waals surface area contributed by atoms with Gasteiger partial charge in [-0.25, -0.2) is 0 Å². The molecule has 0 spiro atoms. The molecule has 1 aliphatic rings. The zero-order valence-corrected chi connectivity index (χ0v) is 9.05. The second-order valence-electron chi connectivity index (χ2n) is 3.34. The molecule has 0 bridgehead atoms. The average Bonchev–Trinajstić information content (AvgIpc) is 2.14. The van der Waals surface area contributed by atoms with E-state index in [1.807, 2.05) is 11.9 Å². The highest BCUT2D eigenvalue weighted by Crippen LogP contribution is 2.09. The van der Waals surface area contributed by atoms with Gasteiger partial charge < -0.3 is 20.8 Å². The zero-order chi connectivity index (χ0) is 10.6. The van der Waals surface area contributed by atoms with E-state index in [9.17, 15) is 0 Å². The van der Waals surface area contributed by atoms with Crippen LogP contribution in [0, 0.1) is 0 Å². The summed E-state index contributed by atoms with van der Waals surface area (Å²) in [5.74, 6) is 0. The van der Waals surface area contributed by atoms with Gasteiger partial charge in [-0.3, -0.25) is 4.90 Å². The van der Waals surface area contributed by atoms with Gasteiger partial charge in [-0.15, -0.1) is 0 Å². The van der Waals surface area contributed by atoms with Gasteiger partial charge in [-0.05, 0) is 19.3 Å². The Labute approximate surface area is 89.1 Å². The third kappa shape index (κ3) is 2.78. The van der Waals surface area contributed by atoms with E-state index in [-0.39, 0.29) is 25.5 Å². The Bertz CT molecular complexity index is 185. The van der Waals surface area contributed by atoms with Crippen LogP contribution in [-0.2, 0) is 0 Å². The van der Waals surface area contributed by atoms with Crippen LogP contribution in [0.1, 0.15) is 12.8 Å². The van der Waals surface area contributed by atoms with Crippen LogP contribution >= 0.6 is 12.2 Å². The maximum absolute atomic E-state index is 8.86. The van der Waals surface area contributed by atoms with Crippen molar-refractivity contribution >= 4 is 17.3 Å². The molecule has 0 aromatic heterocycles. The van der Waals surface area contributed by atoms with Gasteiger partial charge in [0.25, 0.3) is 0 Å². The van der Waals surface area contributed by atoms with Crippen LogP contribution in [-0.4, -0.2) is 52.8 Å². The summed E-state index contributed by atoms with van der Waals surface area (Å²) in [5, 5.41) is 24.4. The number of nitrogens with one attached hydrogen (secondary N) is 2. The maximum atomic E-state index is 8.86. The molecule has 6 heteroatoms. The first-order valence-electron chi connectivity index (χ1n) is 4.69. The van der Waals surface area contributed by atoms with Gasteiger partial charge in [0.15, 0.2) is 5.11 Å². The summed E-state index contributed by atoms with van der Waals surface area (Å²) >= 11 is 5.03. The Hall–Kier alpha value is -0.430. The zero-order valence-electron chi connectivity index (χ0n) is 8.23. The average molecular weight is 219 g/mol. The van der Waals surface area contributed by atoms with Crippen molar-refractivity contribution in [1.82, 2.24) is 15.5 Å². The molecule has 1 fully saturated rings. The molecular weight excluding hydrogens is 202 g/mol. The molecule has 0 amide bonds. The maximum Gasteiger partial charge on any atom is 0.168 e. The summed E-state index contributed by atoms with van der Waals surface area (Å²) in [5.41, 5.74) is 0. The molecule has 1 saturated heterocycles. The van der Waals surface area contributed by atoms with Crippen molar-refractivity contribution in [1.29, 1.82) is 0 Å². The lowest BCUT2D eigenvalue weighted by Crippen LogP contribution is -2.65. The summed E-state index contributed by atoms with van der Waals surface area (Å²) in [4.78, 5) is 2.03. The molecule has 2 atom stereocenters. The molecule has 0 aromatic rings. The molecule has 82 valence electrons. The minimum absolute atomic E-state index is 0.0466. The number of thiocarbonyl (C=S) groups is 1. The highest BCUT2D eigenvalue weighted by molar-refractivity contribution is 7.80. The Balaban J connectivity index is 2.55. The van der Waals surface area contributed by atoms with E-state index in [0.717, 1.165) is 0 Å². The van der Waals surface area contributed by atoms with Gasteiger partial charge >= 0.3 is 0 Å². The van der Waals surface area contributed by atoms with Gasteiger partial charge in [0.1, 0.15) is 0 Å². The predicted octanol–water partition coefficient (Wildman–Crippen LogP) is -1.19. The first-order chi connectivity index (χ1) is 6.69. The standard InChI is InChI=1S/C8H17N3O2S/c1-11-6(2-4-12)9-8(14)10-7(11)3-5-13/h6-7,12-13H,2-5H2,1H3,(H2,9,10,14). The van der Waals surface area contributed by atoms with Crippen LogP contribution in [0.4, 0.5) is 0 Å². The lowest BCUT2D eigenvalue weighted by molar-refractivity contribution is 0.0852. The van der Waals surface area contributed by atoms with Crippen molar-refractivity contribution < 1.29 is 10.2 Å². The minimum Gasteiger partial charge on any atom is -0.396 e. The molecule has 1 rings (SSSR count). The van der Waals surface area contributed by atoms with Crippen LogP contribution < -0.4 is 10.6 Å². The number of rotatable bonds is 4. The lowest BCUT2D eigenvalue weighted by atomic mass is 10.2. The van der Waals surface area contributed by atoms with Gasteiger partial charge in [0.05, 0.1) is 12.3 Å². The summed E-state index contributed by atoms with van der Waals surface area (Å²) < 4.78 is 0. The smallest absolute Gasteiger partial charge is 0.168 e. The van der Waals surface area contributed by atoms with Crippen molar-refractivity contribution in [2.24, 2.45) is 0 Å². The number of hydrogen-bond donors (Lipinski definition) is 4. The van der Waals surface area contributed by atoms with E-state index < -0.39 is 0 Å². The Morgan fingerprint density at radius 2 is 1.64 bits per heavy atom. The molecular formula is C8H17N3O2S. The number of hydrogen-bond acceptors (Lipinski definition) is 4. The van der Waals surface area contributed by atoms with E-state index in [2.05, 4.69) is 10.6 Å². The first kappa shape index (κ1) is 11.6. The quantitative estimate of drug-likeness (QED) is 0.446. The number of nitrogens with zero attached hydrogens (tertiary/aromatic N) is 1. The Morgan fingerprint density at radius 3 is 2.00 bits per heavy atom. The minimum atomic E-state index is 0.0466. The second kappa shape index (κ2) is 5.45. The van der Waals surface area contributed by atoms with E-state index in [1.165, 1.54) is 0 Å². The Morgan fingerprint density at radius 1 is 1.21 bits per heavy atom.